The molecule has 2 aromatic rings. The van der Waals surface area contributed by atoms with Gasteiger partial charge in [-0.15, -0.1) is 0 Å². The second kappa shape index (κ2) is 12.9. The highest BCUT2D eigenvalue weighted by Crippen LogP contribution is 2.43. The number of hydrogen-bond donors (Lipinski definition) is 1. The first-order valence-corrected chi connectivity index (χ1v) is 13.8. The Balaban J connectivity index is 1.47. The van der Waals surface area contributed by atoms with Crippen LogP contribution in [0.2, 0.25) is 0 Å². The van der Waals surface area contributed by atoms with E-state index >= 15 is 0 Å². The highest BCUT2D eigenvalue weighted by Gasteiger charge is 2.37. The highest BCUT2D eigenvalue weighted by atomic mass is 16.5. The van der Waals surface area contributed by atoms with E-state index < -0.39 is 11.4 Å². The van der Waals surface area contributed by atoms with Gasteiger partial charge >= 0.3 is 5.97 Å². The first-order valence-electron chi connectivity index (χ1n) is 13.8. The Morgan fingerprint density at radius 1 is 1.13 bits per heavy atom. The van der Waals surface area contributed by atoms with Crippen LogP contribution in [0.15, 0.2) is 42.5 Å². The Kier molecular flexibility index (Phi) is 9.55. The summed E-state index contributed by atoms with van der Waals surface area (Å²) < 4.78 is 23.1. The van der Waals surface area contributed by atoms with E-state index in [1.165, 1.54) is 5.56 Å². The molecule has 0 amide bonds. The molecule has 2 aromatic carbocycles. The molecule has 0 spiro atoms. The number of ether oxygens (including phenoxy) is 4. The third-order valence-electron chi connectivity index (χ3n) is 8.04. The normalized spacial score (nSPS) is 21.5. The zero-order valence-electron chi connectivity index (χ0n) is 23.3. The van der Waals surface area contributed by atoms with Crippen molar-refractivity contribution < 1.29 is 28.8 Å². The van der Waals surface area contributed by atoms with E-state index in [0.29, 0.717) is 25.6 Å². The average molecular weight is 526 g/mol. The van der Waals surface area contributed by atoms with E-state index in [-0.39, 0.29) is 12.0 Å². The summed E-state index contributed by atoms with van der Waals surface area (Å²) >= 11 is 0. The van der Waals surface area contributed by atoms with E-state index in [4.69, 9.17) is 18.9 Å². The maximum Gasteiger partial charge on any atom is 0.309 e. The number of methoxy groups -OCH3 is 2. The molecule has 0 radical (unpaired) electrons. The predicted octanol–water partition coefficient (Wildman–Crippen LogP) is 5.90. The van der Waals surface area contributed by atoms with Gasteiger partial charge in [0.2, 0.25) is 0 Å². The smallest absolute Gasteiger partial charge is 0.309 e. The molecule has 0 saturated heterocycles. The fourth-order valence-electron chi connectivity index (χ4n) is 5.87. The molecule has 1 fully saturated rings. The molecule has 1 N–H and O–H groups in total. The SMILES string of the molecule is COCCCN1CCOc2ccc(CO[C@H]3CC[C@H](CC(C)(C)C(=O)O)C[C@@H]3c3ccc(OC)cc3)cc21. The number of aliphatic carboxylic acids is 1. The number of benzene rings is 2. The van der Waals surface area contributed by atoms with Crippen LogP contribution in [0.3, 0.4) is 0 Å². The molecule has 0 unspecified atom stereocenters. The number of anilines is 1. The quantitative estimate of drug-likeness (QED) is 0.346. The third kappa shape index (κ3) is 7.00. The van der Waals surface area contributed by atoms with Crippen LogP contribution in [-0.4, -0.2) is 57.7 Å². The van der Waals surface area contributed by atoms with Crippen molar-refractivity contribution in [2.45, 2.75) is 64.6 Å². The van der Waals surface area contributed by atoms with Crippen LogP contribution in [0.5, 0.6) is 11.5 Å². The van der Waals surface area contributed by atoms with Gasteiger partial charge in [-0.25, -0.2) is 0 Å². The van der Waals surface area contributed by atoms with Crippen LogP contribution < -0.4 is 14.4 Å². The van der Waals surface area contributed by atoms with Gasteiger partial charge in [-0.3, -0.25) is 4.79 Å². The molecular weight excluding hydrogens is 482 g/mol. The molecular formula is C31H43NO6. The standard InChI is InChI=1S/C31H43NO6/c1-31(2,30(33)34)20-22-6-12-28(26(18-22)24-8-10-25(36-4)11-9-24)38-21-23-7-13-29-27(19-23)32(15-17-37-29)14-5-16-35-3/h7-11,13,19,22,26,28H,5-6,12,14-18,20-21H2,1-4H3,(H,33,34)/t22-,26+,28-/m0/s1. The monoisotopic (exact) mass is 525 g/mol. The fourth-order valence-corrected chi connectivity index (χ4v) is 5.87. The van der Waals surface area contributed by atoms with E-state index in [9.17, 15) is 9.90 Å². The molecule has 1 aliphatic carbocycles. The van der Waals surface area contributed by atoms with E-state index in [1.807, 2.05) is 26.0 Å². The topological polar surface area (TPSA) is 77.5 Å². The molecule has 7 nitrogen and oxygen atoms in total. The molecule has 1 aliphatic heterocycles. The maximum atomic E-state index is 11.8. The second-order valence-corrected chi connectivity index (χ2v) is 11.3. The Morgan fingerprint density at radius 2 is 1.92 bits per heavy atom. The Bertz CT molecular complexity index is 1050. The minimum Gasteiger partial charge on any atom is -0.497 e. The molecule has 1 heterocycles. The van der Waals surface area contributed by atoms with Crippen molar-refractivity contribution in [3.63, 3.8) is 0 Å². The number of hydrogen-bond acceptors (Lipinski definition) is 6. The number of fused-ring (bicyclic) bond motifs is 1. The lowest BCUT2D eigenvalue weighted by Gasteiger charge is -2.38. The van der Waals surface area contributed by atoms with Gasteiger partial charge in [0, 0.05) is 26.2 Å². The number of nitrogens with zero attached hydrogens (tertiary/aromatic N) is 1. The summed E-state index contributed by atoms with van der Waals surface area (Å²) in [5, 5.41) is 9.68. The van der Waals surface area contributed by atoms with E-state index in [2.05, 4.69) is 35.2 Å². The van der Waals surface area contributed by atoms with Crippen LogP contribution in [0.25, 0.3) is 0 Å². The van der Waals surface area contributed by atoms with Crippen molar-refractivity contribution in [1.82, 2.24) is 0 Å². The lowest BCUT2D eigenvalue weighted by molar-refractivity contribution is -0.148. The zero-order chi connectivity index (χ0) is 27.1. The molecule has 3 atom stereocenters. The van der Waals surface area contributed by atoms with Crippen molar-refractivity contribution >= 4 is 11.7 Å². The van der Waals surface area contributed by atoms with Gasteiger partial charge < -0.3 is 29.0 Å². The van der Waals surface area contributed by atoms with Gasteiger partial charge in [-0.2, -0.15) is 0 Å². The molecule has 2 aliphatic rings. The molecule has 0 aromatic heterocycles. The lowest BCUT2D eigenvalue weighted by Crippen LogP contribution is -2.34. The average Bonchev–Trinajstić information content (AvgIpc) is 2.92. The van der Waals surface area contributed by atoms with E-state index in [0.717, 1.165) is 68.1 Å². The minimum absolute atomic E-state index is 0.0673. The van der Waals surface area contributed by atoms with Gasteiger partial charge in [-0.05, 0) is 87.3 Å². The molecule has 7 heteroatoms. The third-order valence-corrected chi connectivity index (χ3v) is 8.04. The lowest BCUT2D eigenvalue weighted by atomic mass is 9.70. The fraction of sp³-hybridized carbons (Fsp3) is 0.581. The van der Waals surface area contributed by atoms with Gasteiger partial charge in [0.1, 0.15) is 18.1 Å². The van der Waals surface area contributed by atoms with Crippen molar-refractivity contribution in [3.8, 4) is 11.5 Å². The molecule has 208 valence electrons. The van der Waals surface area contributed by atoms with Crippen LogP contribution in [0, 0.1) is 11.3 Å². The van der Waals surface area contributed by atoms with Crippen LogP contribution >= 0.6 is 0 Å². The van der Waals surface area contributed by atoms with Crippen molar-refractivity contribution in [2.24, 2.45) is 11.3 Å². The summed E-state index contributed by atoms with van der Waals surface area (Å²) in [7, 11) is 3.41. The maximum absolute atomic E-state index is 11.8. The second-order valence-electron chi connectivity index (χ2n) is 11.3. The van der Waals surface area contributed by atoms with Gasteiger partial charge in [0.15, 0.2) is 0 Å². The Labute approximate surface area is 227 Å². The first kappa shape index (κ1) is 28.2. The molecule has 4 rings (SSSR count). The van der Waals surface area contributed by atoms with Gasteiger partial charge in [0.25, 0.3) is 0 Å². The van der Waals surface area contributed by atoms with Crippen LogP contribution in [-0.2, 0) is 20.9 Å². The van der Waals surface area contributed by atoms with E-state index in [1.54, 1.807) is 14.2 Å². The van der Waals surface area contributed by atoms with Crippen LogP contribution in [0.4, 0.5) is 5.69 Å². The summed E-state index contributed by atoms with van der Waals surface area (Å²) in [6.45, 7) is 7.44. The minimum atomic E-state index is -0.733. The van der Waals surface area contributed by atoms with Gasteiger partial charge in [0.05, 0.1) is 37.5 Å². The zero-order valence-corrected chi connectivity index (χ0v) is 23.3. The Hall–Kier alpha value is -2.77. The van der Waals surface area contributed by atoms with Gasteiger partial charge in [-0.1, -0.05) is 18.2 Å². The number of carboxylic acid groups (broad SMARTS) is 1. The van der Waals surface area contributed by atoms with Crippen molar-refractivity contribution in [3.05, 3.63) is 53.6 Å². The highest BCUT2D eigenvalue weighted by molar-refractivity contribution is 5.73. The summed E-state index contributed by atoms with van der Waals surface area (Å²) in [6.07, 6.45) is 4.51. The van der Waals surface area contributed by atoms with Crippen LogP contribution in [0.1, 0.15) is 63.0 Å². The molecule has 1 saturated carbocycles. The first-order chi connectivity index (χ1) is 18.3. The van der Waals surface area contributed by atoms with Crippen molar-refractivity contribution in [2.75, 3.05) is 45.4 Å². The summed E-state index contributed by atoms with van der Waals surface area (Å²) in [5.74, 6) is 1.57. The molecule has 0 bridgehead atoms. The largest absolute Gasteiger partial charge is 0.497 e. The number of carbonyl (C=O) groups is 1. The predicted molar refractivity (Wildman–Crippen MR) is 148 cm³/mol. The summed E-state index contributed by atoms with van der Waals surface area (Å²) in [5.41, 5.74) is 2.74. The Morgan fingerprint density at radius 3 is 2.63 bits per heavy atom. The summed E-state index contributed by atoms with van der Waals surface area (Å²) in [4.78, 5) is 14.2. The number of rotatable bonds is 12. The van der Waals surface area contributed by atoms with Crippen molar-refractivity contribution in [1.29, 1.82) is 0 Å². The number of carboxylic acids is 1. The summed E-state index contributed by atoms with van der Waals surface area (Å²) in [6, 6.07) is 14.6. The molecule has 38 heavy (non-hydrogen) atoms.